The lowest BCUT2D eigenvalue weighted by molar-refractivity contribution is -0.143. The number of amides is 1. The fourth-order valence-corrected chi connectivity index (χ4v) is 2.94. The van der Waals surface area contributed by atoms with Gasteiger partial charge in [0, 0.05) is 4.47 Å². The molecule has 3 rings (SSSR count). The molecule has 3 aromatic carbocycles. The van der Waals surface area contributed by atoms with Gasteiger partial charge in [-0.05, 0) is 29.3 Å². The monoisotopic (exact) mass is 453 g/mol. The summed E-state index contributed by atoms with van der Waals surface area (Å²) in [5.41, 5.74) is 2.22. The first-order chi connectivity index (χ1) is 14.1. The average molecular weight is 454 g/mol. The molecule has 0 aliphatic heterocycles. The second-order valence-corrected chi connectivity index (χ2v) is 7.16. The molecule has 3 aromatic rings. The van der Waals surface area contributed by atoms with Gasteiger partial charge in [0.05, 0.1) is 5.56 Å². The van der Waals surface area contributed by atoms with Crippen molar-refractivity contribution in [2.24, 2.45) is 0 Å². The number of carbonyl (C=O) groups excluding carboxylic acids is 2. The van der Waals surface area contributed by atoms with E-state index in [1.54, 1.807) is 18.2 Å². The molecular weight excluding hydrogens is 434 g/mol. The number of benzene rings is 3. The Hall–Kier alpha value is -3.12. The van der Waals surface area contributed by atoms with Crippen LogP contribution in [0.3, 0.4) is 0 Å². The van der Waals surface area contributed by atoms with Crippen molar-refractivity contribution < 1.29 is 19.1 Å². The highest BCUT2D eigenvalue weighted by Crippen LogP contribution is 2.24. The van der Waals surface area contributed by atoms with E-state index in [1.165, 1.54) is 0 Å². The lowest BCUT2D eigenvalue weighted by Gasteiger charge is -2.12. The number of rotatable bonds is 8. The SMILES string of the molecule is O=C(CNC(=O)c1cc(Br)ccc1OCc1ccccc1)OCc1ccccc1. The number of ether oxygens (including phenoxy) is 2. The molecule has 148 valence electrons. The third-order valence-electron chi connectivity index (χ3n) is 4.06. The summed E-state index contributed by atoms with van der Waals surface area (Å²) in [5.74, 6) is -0.484. The molecule has 0 aliphatic rings. The van der Waals surface area contributed by atoms with Crippen LogP contribution >= 0.6 is 15.9 Å². The standard InChI is InChI=1S/C23H20BrNO4/c24-19-11-12-21(28-15-17-7-3-1-4-8-17)20(13-19)23(27)25-14-22(26)29-16-18-9-5-2-6-10-18/h1-13H,14-16H2,(H,25,27). The Bertz CT molecular complexity index is 961. The first-order valence-electron chi connectivity index (χ1n) is 9.06. The van der Waals surface area contributed by atoms with Crippen LogP contribution in [-0.2, 0) is 22.7 Å². The highest BCUT2D eigenvalue weighted by molar-refractivity contribution is 9.10. The first kappa shape index (κ1) is 20.6. The molecule has 0 unspecified atom stereocenters. The van der Waals surface area contributed by atoms with Crippen molar-refractivity contribution in [3.63, 3.8) is 0 Å². The Balaban J connectivity index is 1.56. The summed E-state index contributed by atoms with van der Waals surface area (Å²) in [6.07, 6.45) is 0. The minimum atomic E-state index is -0.510. The average Bonchev–Trinajstić information content (AvgIpc) is 2.76. The maximum atomic E-state index is 12.6. The van der Waals surface area contributed by atoms with Gasteiger partial charge in [0.15, 0.2) is 0 Å². The Morgan fingerprint density at radius 2 is 1.45 bits per heavy atom. The predicted molar refractivity (Wildman–Crippen MR) is 113 cm³/mol. The molecule has 0 saturated carbocycles. The first-order valence-corrected chi connectivity index (χ1v) is 9.85. The van der Waals surface area contributed by atoms with Crippen LogP contribution in [0.25, 0.3) is 0 Å². The smallest absolute Gasteiger partial charge is 0.325 e. The number of nitrogens with one attached hydrogen (secondary N) is 1. The van der Waals surface area contributed by atoms with E-state index < -0.39 is 11.9 Å². The van der Waals surface area contributed by atoms with E-state index >= 15 is 0 Å². The summed E-state index contributed by atoms with van der Waals surface area (Å²) in [7, 11) is 0. The van der Waals surface area contributed by atoms with Crippen LogP contribution < -0.4 is 10.1 Å². The van der Waals surface area contributed by atoms with E-state index in [0.717, 1.165) is 15.6 Å². The van der Waals surface area contributed by atoms with Gasteiger partial charge in [-0.2, -0.15) is 0 Å². The Morgan fingerprint density at radius 1 is 0.828 bits per heavy atom. The maximum Gasteiger partial charge on any atom is 0.325 e. The Morgan fingerprint density at radius 3 is 2.10 bits per heavy atom. The van der Waals surface area contributed by atoms with E-state index in [4.69, 9.17) is 9.47 Å². The van der Waals surface area contributed by atoms with Crippen LogP contribution in [0, 0.1) is 0 Å². The molecule has 0 spiro atoms. The quantitative estimate of drug-likeness (QED) is 0.509. The zero-order chi connectivity index (χ0) is 20.5. The van der Waals surface area contributed by atoms with Crippen molar-refractivity contribution in [2.75, 3.05) is 6.54 Å². The molecule has 5 nitrogen and oxygen atoms in total. The second kappa shape index (κ2) is 10.4. The van der Waals surface area contributed by atoms with E-state index in [1.807, 2.05) is 60.7 Å². The molecule has 29 heavy (non-hydrogen) atoms. The van der Waals surface area contributed by atoms with Gasteiger partial charge in [-0.1, -0.05) is 76.6 Å². The van der Waals surface area contributed by atoms with Crippen molar-refractivity contribution in [1.82, 2.24) is 5.32 Å². The third-order valence-corrected chi connectivity index (χ3v) is 4.55. The summed E-state index contributed by atoms with van der Waals surface area (Å²) in [4.78, 5) is 24.5. The number of carbonyl (C=O) groups is 2. The molecule has 0 aliphatic carbocycles. The zero-order valence-corrected chi connectivity index (χ0v) is 17.2. The molecule has 0 bridgehead atoms. The van der Waals surface area contributed by atoms with Gasteiger partial charge in [0.1, 0.15) is 25.5 Å². The number of hydrogen-bond acceptors (Lipinski definition) is 4. The third kappa shape index (κ3) is 6.47. The Labute approximate surface area is 177 Å². The van der Waals surface area contributed by atoms with Gasteiger partial charge >= 0.3 is 5.97 Å². The molecule has 1 N–H and O–H groups in total. The fourth-order valence-electron chi connectivity index (χ4n) is 2.58. The van der Waals surface area contributed by atoms with Crippen molar-refractivity contribution in [3.05, 3.63) is 100 Å². The summed E-state index contributed by atoms with van der Waals surface area (Å²) < 4.78 is 11.7. The minimum absolute atomic E-state index is 0.165. The molecule has 0 radical (unpaired) electrons. The van der Waals surface area contributed by atoms with Gasteiger partial charge in [-0.3, -0.25) is 9.59 Å². The lowest BCUT2D eigenvalue weighted by Crippen LogP contribution is -2.30. The van der Waals surface area contributed by atoms with Crippen LogP contribution in [0.2, 0.25) is 0 Å². The van der Waals surface area contributed by atoms with Crippen LogP contribution in [0.15, 0.2) is 83.3 Å². The van der Waals surface area contributed by atoms with E-state index in [0.29, 0.717) is 17.9 Å². The van der Waals surface area contributed by atoms with Crippen LogP contribution in [0.1, 0.15) is 21.5 Å². The minimum Gasteiger partial charge on any atom is -0.488 e. The van der Waals surface area contributed by atoms with Gasteiger partial charge < -0.3 is 14.8 Å². The normalized spacial score (nSPS) is 10.2. The van der Waals surface area contributed by atoms with E-state index in [2.05, 4.69) is 21.2 Å². The molecule has 0 saturated heterocycles. The highest BCUT2D eigenvalue weighted by Gasteiger charge is 2.15. The molecule has 1 amide bonds. The molecule has 0 fully saturated rings. The molecule has 0 aromatic heterocycles. The van der Waals surface area contributed by atoms with Crippen molar-refractivity contribution in [2.45, 2.75) is 13.2 Å². The zero-order valence-electron chi connectivity index (χ0n) is 15.6. The number of hydrogen-bond donors (Lipinski definition) is 1. The van der Waals surface area contributed by atoms with Crippen molar-refractivity contribution >= 4 is 27.8 Å². The fraction of sp³-hybridized carbons (Fsp3) is 0.130. The number of halogens is 1. The molecular formula is C23H20BrNO4. The topological polar surface area (TPSA) is 64.6 Å². The summed E-state index contributed by atoms with van der Waals surface area (Å²) >= 11 is 3.36. The van der Waals surface area contributed by atoms with Gasteiger partial charge in [0.25, 0.3) is 5.91 Å². The lowest BCUT2D eigenvalue weighted by atomic mass is 10.2. The van der Waals surface area contributed by atoms with Crippen LogP contribution in [-0.4, -0.2) is 18.4 Å². The van der Waals surface area contributed by atoms with E-state index in [9.17, 15) is 9.59 Å². The van der Waals surface area contributed by atoms with Crippen LogP contribution in [0.4, 0.5) is 0 Å². The van der Waals surface area contributed by atoms with Crippen molar-refractivity contribution in [3.8, 4) is 5.75 Å². The number of esters is 1. The largest absolute Gasteiger partial charge is 0.488 e. The maximum absolute atomic E-state index is 12.6. The second-order valence-electron chi connectivity index (χ2n) is 6.24. The van der Waals surface area contributed by atoms with Gasteiger partial charge in [-0.25, -0.2) is 0 Å². The summed E-state index contributed by atoms with van der Waals surface area (Å²) in [5, 5.41) is 2.59. The van der Waals surface area contributed by atoms with E-state index in [-0.39, 0.29) is 13.2 Å². The van der Waals surface area contributed by atoms with Crippen molar-refractivity contribution in [1.29, 1.82) is 0 Å². The molecule has 0 heterocycles. The molecule has 6 heteroatoms. The predicted octanol–water partition coefficient (Wildman–Crippen LogP) is 4.50. The van der Waals surface area contributed by atoms with Gasteiger partial charge in [-0.15, -0.1) is 0 Å². The van der Waals surface area contributed by atoms with Gasteiger partial charge in [0.2, 0.25) is 0 Å². The van der Waals surface area contributed by atoms with Crippen LogP contribution in [0.5, 0.6) is 5.75 Å². The molecule has 0 atom stereocenters. The summed E-state index contributed by atoms with van der Waals surface area (Å²) in [6, 6.07) is 24.2. The Kier molecular flexibility index (Phi) is 7.41. The highest BCUT2D eigenvalue weighted by atomic mass is 79.9. The summed E-state index contributed by atoms with van der Waals surface area (Å²) in [6.45, 7) is 0.274.